The summed E-state index contributed by atoms with van der Waals surface area (Å²) < 4.78 is 17.1. The molecule has 2 aromatic carbocycles. The molecule has 8 heteroatoms. The van der Waals surface area contributed by atoms with Crippen LogP contribution in [-0.4, -0.2) is 27.8 Å². The van der Waals surface area contributed by atoms with E-state index in [0.29, 0.717) is 17.9 Å². The fraction of sp³-hybridized carbons (Fsp3) is 0.250. The van der Waals surface area contributed by atoms with E-state index in [1.165, 1.54) is 6.20 Å². The number of amides is 1. The lowest BCUT2D eigenvalue weighted by Gasteiger charge is -2.19. The third-order valence-corrected chi connectivity index (χ3v) is 5.28. The molecule has 36 heavy (non-hydrogen) atoms. The van der Waals surface area contributed by atoms with Crippen LogP contribution in [0.4, 0.5) is 4.79 Å². The smallest absolute Gasteiger partial charge is 0.407 e. The summed E-state index contributed by atoms with van der Waals surface area (Å²) in [6.07, 6.45) is 4.08. The number of aromatic nitrogens is 1. The third kappa shape index (κ3) is 6.41. The molecule has 0 aliphatic carbocycles. The highest BCUT2D eigenvalue weighted by atomic mass is 16.6. The molecule has 186 valence electrons. The van der Waals surface area contributed by atoms with Crippen LogP contribution in [0.15, 0.2) is 71.6 Å². The predicted molar refractivity (Wildman–Crippen MR) is 135 cm³/mol. The van der Waals surface area contributed by atoms with Gasteiger partial charge in [0.25, 0.3) is 0 Å². The highest BCUT2D eigenvalue weighted by Gasteiger charge is 2.16. The van der Waals surface area contributed by atoms with Gasteiger partial charge in [-0.25, -0.2) is 4.79 Å². The van der Waals surface area contributed by atoms with Gasteiger partial charge in [-0.1, -0.05) is 18.2 Å². The summed E-state index contributed by atoms with van der Waals surface area (Å²) in [7, 11) is 0. The summed E-state index contributed by atoms with van der Waals surface area (Å²) >= 11 is 0. The number of fused-ring (bicyclic) bond motifs is 1. The number of carboxylic acids is 1. The lowest BCUT2D eigenvalue weighted by atomic mass is 9.99. The van der Waals surface area contributed by atoms with Gasteiger partial charge < -0.3 is 24.3 Å². The Bertz CT molecular complexity index is 1390. The zero-order valence-electron chi connectivity index (χ0n) is 20.4. The Morgan fingerprint density at radius 2 is 1.92 bits per heavy atom. The largest absolute Gasteiger partial charge is 0.488 e. The van der Waals surface area contributed by atoms with Gasteiger partial charge in [0.15, 0.2) is 0 Å². The molecule has 0 aliphatic heterocycles. The van der Waals surface area contributed by atoms with Gasteiger partial charge in [0.05, 0.1) is 12.7 Å². The van der Waals surface area contributed by atoms with Crippen LogP contribution in [0.3, 0.4) is 0 Å². The van der Waals surface area contributed by atoms with E-state index in [1.807, 2.05) is 63.2 Å². The van der Waals surface area contributed by atoms with Gasteiger partial charge in [0, 0.05) is 35.5 Å². The number of aliphatic carboxylic acids is 1. The predicted octanol–water partition coefficient (Wildman–Crippen LogP) is 5.73. The van der Waals surface area contributed by atoms with Crippen molar-refractivity contribution < 1.29 is 28.6 Å². The van der Waals surface area contributed by atoms with Crippen molar-refractivity contribution in [3.05, 3.63) is 83.9 Å². The molecule has 0 fully saturated rings. The van der Waals surface area contributed by atoms with Gasteiger partial charge in [-0.05, 0) is 67.8 Å². The Morgan fingerprint density at radius 1 is 1.08 bits per heavy atom. The second-order valence-corrected chi connectivity index (χ2v) is 9.38. The fourth-order valence-electron chi connectivity index (χ4n) is 3.79. The molecule has 0 saturated heterocycles. The number of benzene rings is 2. The van der Waals surface area contributed by atoms with Gasteiger partial charge in [0.1, 0.15) is 23.5 Å². The number of carboxylic acid groups (broad SMARTS) is 1. The highest BCUT2D eigenvalue weighted by molar-refractivity contribution is 5.93. The van der Waals surface area contributed by atoms with E-state index in [-0.39, 0.29) is 13.0 Å². The van der Waals surface area contributed by atoms with Gasteiger partial charge in [-0.2, -0.15) is 0 Å². The molecule has 0 radical (unpaired) electrons. The summed E-state index contributed by atoms with van der Waals surface area (Å²) in [6, 6.07) is 15.4. The SMILES string of the molecule is CC(C)(C)OC(=O)NCc1cccc(-c2cc(COc3ccncc3CC(=O)O)cc3ccoc23)c1. The van der Waals surface area contributed by atoms with Crippen molar-refractivity contribution in [2.75, 3.05) is 0 Å². The molecule has 4 aromatic rings. The maximum atomic E-state index is 12.0. The molecule has 0 spiro atoms. The number of pyridine rings is 1. The van der Waals surface area contributed by atoms with Crippen LogP contribution in [0.1, 0.15) is 37.5 Å². The molecule has 2 N–H and O–H groups in total. The van der Waals surface area contributed by atoms with Gasteiger partial charge in [-0.3, -0.25) is 9.78 Å². The zero-order chi connectivity index (χ0) is 25.7. The Hall–Kier alpha value is -4.33. The van der Waals surface area contributed by atoms with Crippen molar-refractivity contribution in [3.8, 4) is 16.9 Å². The highest BCUT2D eigenvalue weighted by Crippen LogP contribution is 2.32. The number of hydrogen-bond acceptors (Lipinski definition) is 6. The second kappa shape index (κ2) is 10.5. The van der Waals surface area contributed by atoms with Crippen molar-refractivity contribution in [2.24, 2.45) is 0 Å². The van der Waals surface area contributed by atoms with E-state index in [9.17, 15) is 9.59 Å². The lowest BCUT2D eigenvalue weighted by Crippen LogP contribution is -2.32. The number of nitrogens with zero attached hydrogens (tertiary/aromatic N) is 1. The Morgan fingerprint density at radius 3 is 2.69 bits per heavy atom. The number of alkyl carbamates (subject to hydrolysis) is 1. The number of rotatable bonds is 8. The van der Waals surface area contributed by atoms with Crippen LogP contribution in [0.5, 0.6) is 5.75 Å². The monoisotopic (exact) mass is 488 g/mol. The number of carbonyl (C=O) groups excluding carboxylic acids is 1. The molecule has 2 aromatic heterocycles. The summed E-state index contributed by atoms with van der Waals surface area (Å²) in [5.41, 5.74) is 4.31. The molecule has 0 atom stereocenters. The zero-order valence-corrected chi connectivity index (χ0v) is 20.4. The van der Waals surface area contributed by atoms with Crippen LogP contribution in [0.25, 0.3) is 22.1 Å². The average Bonchev–Trinajstić information content (AvgIpc) is 3.29. The Labute approximate surface area is 208 Å². The van der Waals surface area contributed by atoms with Crippen LogP contribution in [0, 0.1) is 0 Å². The normalized spacial score (nSPS) is 11.3. The third-order valence-electron chi connectivity index (χ3n) is 5.28. The van der Waals surface area contributed by atoms with E-state index in [2.05, 4.69) is 10.3 Å². The van der Waals surface area contributed by atoms with Gasteiger partial charge in [-0.15, -0.1) is 0 Å². The number of carbonyl (C=O) groups is 2. The minimum absolute atomic E-state index is 0.167. The molecule has 4 rings (SSSR count). The van der Waals surface area contributed by atoms with Gasteiger partial charge >= 0.3 is 12.1 Å². The first-order chi connectivity index (χ1) is 17.2. The Balaban J connectivity index is 1.56. The second-order valence-electron chi connectivity index (χ2n) is 9.38. The first-order valence-electron chi connectivity index (χ1n) is 11.5. The van der Waals surface area contributed by atoms with Crippen molar-refractivity contribution in [2.45, 2.75) is 45.9 Å². The van der Waals surface area contributed by atoms with Crippen LogP contribution in [-0.2, 0) is 29.1 Å². The molecule has 0 aliphatic rings. The van der Waals surface area contributed by atoms with Crippen LogP contribution < -0.4 is 10.1 Å². The van der Waals surface area contributed by atoms with E-state index in [1.54, 1.807) is 18.5 Å². The first kappa shape index (κ1) is 24.8. The maximum absolute atomic E-state index is 12.0. The lowest BCUT2D eigenvalue weighted by molar-refractivity contribution is -0.136. The molecule has 1 amide bonds. The van der Waals surface area contributed by atoms with E-state index < -0.39 is 17.7 Å². The van der Waals surface area contributed by atoms with Crippen LogP contribution in [0.2, 0.25) is 0 Å². The minimum Gasteiger partial charge on any atom is -0.488 e. The quantitative estimate of drug-likeness (QED) is 0.326. The van der Waals surface area contributed by atoms with Crippen molar-refractivity contribution in [1.29, 1.82) is 0 Å². The molecule has 8 nitrogen and oxygen atoms in total. The van der Waals surface area contributed by atoms with Gasteiger partial charge in [0.2, 0.25) is 0 Å². The minimum atomic E-state index is -0.948. The summed E-state index contributed by atoms with van der Waals surface area (Å²) in [5, 5.41) is 12.9. The topological polar surface area (TPSA) is 111 Å². The molecule has 0 unspecified atom stereocenters. The number of nitrogens with one attached hydrogen (secondary N) is 1. The molecule has 0 bridgehead atoms. The van der Waals surface area contributed by atoms with Crippen molar-refractivity contribution in [1.82, 2.24) is 10.3 Å². The molecular formula is C28H28N2O6. The first-order valence-corrected chi connectivity index (χ1v) is 11.5. The average molecular weight is 489 g/mol. The summed E-state index contributed by atoms with van der Waals surface area (Å²) in [4.78, 5) is 27.2. The fourth-order valence-corrected chi connectivity index (χ4v) is 3.79. The number of hydrogen-bond donors (Lipinski definition) is 2. The number of furan rings is 1. The van der Waals surface area contributed by atoms with Crippen LogP contribution >= 0.6 is 0 Å². The molecule has 0 saturated carbocycles. The number of ether oxygens (including phenoxy) is 2. The van der Waals surface area contributed by atoms with Crippen molar-refractivity contribution in [3.63, 3.8) is 0 Å². The molecular weight excluding hydrogens is 460 g/mol. The molecule has 2 heterocycles. The Kier molecular flexibility index (Phi) is 7.24. The standard InChI is InChI=1S/C28H28N2O6/c1-28(2,3)36-27(33)30-15-18-5-4-6-20(11-18)23-13-19(12-21-8-10-34-26(21)23)17-35-24-7-9-29-16-22(24)14-25(31)32/h4-13,16H,14-15,17H2,1-3H3,(H,30,33)(H,31,32). The summed E-state index contributed by atoms with van der Waals surface area (Å²) in [6.45, 7) is 6.02. The summed E-state index contributed by atoms with van der Waals surface area (Å²) in [5.74, 6) is -0.465. The maximum Gasteiger partial charge on any atom is 0.407 e. The van der Waals surface area contributed by atoms with Crippen molar-refractivity contribution >= 4 is 23.0 Å². The van der Waals surface area contributed by atoms with E-state index >= 15 is 0 Å². The van der Waals surface area contributed by atoms with E-state index in [4.69, 9.17) is 19.0 Å². The van der Waals surface area contributed by atoms with E-state index in [0.717, 1.165) is 33.2 Å².